The van der Waals surface area contributed by atoms with E-state index < -0.39 is 0 Å². The van der Waals surface area contributed by atoms with Crippen LogP contribution >= 0.6 is 11.6 Å². The third-order valence-corrected chi connectivity index (χ3v) is 4.96. The normalized spacial score (nSPS) is 20.9. The van der Waals surface area contributed by atoms with Gasteiger partial charge in [-0.1, -0.05) is 37.9 Å². The first kappa shape index (κ1) is 14.4. The monoisotopic (exact) mass is 307 g/mol. The summed E-state index contributed by atoms with van der Waals surface area (Å²) in [5.74, 6) is 0.223. The zero-order valence-electron chi connectivity index (χ0n) is 12.2. The van der Waals surface area contributed by atoms with E-state index in [1.165, 1.54) is 6.07 Å². The van der Waals surface area contributed by atoms with Gasteiger partial charge in [0.25, 0.3) is 0 Å². The molecule has 3 nitrogen and oxygen atoms in total. The molecule has 5 heteroatoms. The van der Waals surface area contributed by atoms with E-state index in [9.17, 15) is 4.39 Å². The minimum Gasteiger partial charge on any atom is -0.382 e. The smallest absolute Gasteiger partial charge is 0.153 e. The summed E-state index contributed by atoms with van der Waals surface area (Å²) in [6.45, 7) is 4.46. The van der Waals surface area contributed by atoms with E-state index in [0.29, 0.717) is 22.0 Å². The van der Waals surface area contributed by atoms with Gasteiger partial charge in [0.2, 0.25) is 0 Å². The van der Waals surface area contributed by atoms with Crippen LogP contribution in [0.1, 0.15) is 44.7 Å². The molecule has 0 saturated heterocycles. The highest BCUT2D eigenvalue weighted by Crippen LogP contribution is 2.51. The van der Waals surface area contributed by atoms with Crippen molar-refractivity contribution in [2.75, 3.05) is 5.73 Å². The molecule has 2 aromatic rings. The van der Waals surface area contributed by atoms with Crippen LogP contribution in [0.15, 0.2) is 18.2 Å². The van der Waals surface area contributed by atoms with Crippen molar-refractivity contribution in [1.29, 1.82) is 0 Å². The maximum Gasteiger partial charge on any atom is 0.153 e. The number of benzene rings is 1. The number of H-pyrrole nitrogens is 1. The van der Waals surface area contributed by atoms with Gasteiger partial charge in [-0.25, -0.2) is 4.39 Å². The van der Waals surface area contributed by atoms with Crippen LogP contribution in [-0.4, -0.2) is 10.2 Å². The second kappa shape index (κ2) is 5.02. The molecule has 1 aromatic heterocycles. The molecule has 0 aliphatic heterocycles. The molecule has 0 bridgehead atoms. The second-order valence-electron chi connectivity index (χ2n) is 6.43. The van der Waals surface area contributed by atoms with Gasteiger partial charge in [0.1, 0.15) is 5.82 Å². The number of aromatic amines is 1. The summed E-state index contributed by atoms with van der Waals surface area (Å²) in [6.07, 6.45) is 3.34. The minimum atomic E-state index is -0.368. The Balaban J connectivity index is 2.19. The van der Waals surface area contributed by atoms with E-state index in [0.717, 1.165) is 25.0 Å². The number of hydrogen-bond donors (Lipinski definition) is 2. The van der Waals surface area contributed by atoms with Crippen molar-refractivity contribution in [2.24, 2.45) is 5.41 Å². The molecule has 3 rings (SSSR count). The molecule has 1 saturated carbocycles. The van der Waals surface area contributed by atoms with Crippen molar-refractivity contribution in [3.8, 4) is 11.1 Å². The molecular weight excluding hydrogens is 289 g/mol. The maximum absolute atomic E-state index is 14.3. The minimum absolute atomic E-state index is 0.144. The average Bonchev–Trinajstić information content (AvgIpc) is 2.93. The summed E-state index contributed by atoms with van der Waals surface area (Å²) >= 11 is 6.21. The molecule has 1 fully saturated rings. The molecule has 0 spiro atoms. The van der Waals surface area contributed by atoms with Crippen molar-refractivity contribution in [3.05, 3.63) is 34.7 Å². The van der Waals surface area contributed by atoms with E-state index in [1.807, 2.05) is 0 Å². The van der Waals surface area contributed by atoms with Crippen LogP contribution in [0.4, 0.5) is 10.2 Å². The van der Waals surface area contributed by atoms with E-state index in [2.05, 4.69) is 24.0 Å². The Morgan fingerprint density at radius 3 is 2.76 bits per heavy atom. The number of nitrogens with zero attached hydrogens (tertiary/aromatic N) is 1. The summed E-state index contributed by atoms with van der Waals surface area (Å²) in [5, 5.41) is 7.50. The number of rotatable bonds is 2. The predicted molar refractivity (Wildman–Crippen MR) is 83.8 cm³/mol. The van der Waals surface area contributed by atoms with E-state index in [4.69, 9.17) is 17.3 Å². The zero-order chi connectivity index (χ0) is 15.2. The van der Waals surface area contributed by atoms with Crippen LogP contribution < -0.4 is 5.73 Å². The fourth-order valence-corrected chi connectivity index (χ4v) is 3.74. The summed E-state index contributed by atoms with van der Waals surface area (Å²) in [4.78, 5) is 0. The van der Waals surface area contributed by atoms with Crippen molar-refractivity contribution < 1.29 is 4.39 Å². The van der Waals surface area contributed by atoms with Crippen LogP contribution in [0, 0.1) is 11.2 Å². The zero-order valence-corrected chi connectivity index (χ0v) is 13.0. The molecule has 0 radical (unpaired) electrons. The first-order chi connectivity index (χ1) is 9.92. The lowest BCUT2D eigenvalue weighted by molar-refractivity contribution is 0.327. The van der Waals surface area contributed by atoms with Crippen LogP contribution in [0.25, 0.3) is 11.1 Å². The molecular formula is C16H19ClFN3. The molecule has 1 aliphatic rings. The number of nitrogens with one attached hydrogen (secondary N) is 1. The Hall–Kier alpha value is -1.55. The number of nitrogens with two attached hydrogens (primary N) is 1. The first-order valence-corrected chi connectivity index (χ1v) is 7.57. The molecule has 0 amide bonds. The summed E-state index contributed by atoms with van der Waals surface area (Å²) < 4.78 is 14.3. The van der Waals surface area contributed by atoms with Gasteiger partial charge in [0, 0.05) is 17.2 Å². The van der Waals surface area contributed by atoms with Crippen molar-refractivity contribution in [3.63, 3.8) is 0 Å². The van der Waals surface area contributed by atoms with E-state index in [-0.39, 0.29) is 17.2 Å². The number of halogens is 2. The van der Waals surface area contributed by atoms with Crippen LogP contribution in [0.2, 0.25) is 5.02 Å². The lowest BCUT2D eigenvalue weighted by Gasteiger charge is -2.27. The Bertz CT molecular complexity index is 658. The Labute approximate surface area is 128 Å². The number of nitrogen functional groups attached to an aromatic ring is 1. The number of anilines is 1. The van der Waals surface area contributed by atoms with Gasteiger partial charge >= 0.3 is 0 Å². The highest BCUT2D eigenvalue weighted by molar-refractivity contribution is 6.33. The SMILES string of the molecule is CC1(C)CCCC1c1[nH]nc(N)c1-c1c(F)cccc1Cl. The van der Waals surface area contributed by atoms with Crippen LogP contribution in [-0.2, 0) is 0 Å². The van der Waals surface area contributed by atoms with Gasteiger partial charge in [-0.15, -0.1) is 0 Å². The lowest BCUT2D eigenvalue weighted by atomic mass is 9.78. The summed E-state index contributed by atoms with van der Waals surface area (Å²) in [7, 11) is 0. The van der Waals surface area contributed by atoms with E-state index >= 15 is 0 Å². The third kappa shape index (κ3) is 2.31. The molecule has 3 N–H and O–H groups in total. The lowest BCUT2D eigenvalue weighted by Crippen LogP contribution is -2.16. The molecule has 112 valence electrons. The molecule has 1 heterocycles. The molecule has 1 unspecified atom stereocenters. The maximum atomic E-state index is 14.3. The van der Waals surface area contributed by atoms with Gasteiger partial charge in [-0.05, 0) is 30.4 Å². The fraction of sp³-hybridized carbons (Fsp3) is 0.438. The first-order valence-electron chi connectivity index (χ1n) is 7.20. The van der Waals surface area contributed by atoms with Crippen LogP contribution in [0.3, 0.4) is 0 Å². The molecule has 1 aliphatic carbocycles. The van der Waals surface area contributed by atoms with Gasteiger partial charge in [0.05, 0.1) is 10.6 Å². The fourth-order valence-electron chi connectivity index (χ4n) is 3.48. The number of hydrogen-bond acceptors (Lipinski definition) is 2. The van der Waals surface area contributed by atoms with Gasteiger partial charge < -0.3 is 5.73 Å². The molecule has 21 heavy (non-hydrogen) atoms. The Morgan fingerprint density at radius 2 is 2.14 bits per heavy atom. The molecule has 1 atom stereocenters. The van der Waals surface area contributed by atoms with Crippen LogP contribution in [0.5, 0.6) is 0 Å². The standard InChI is InChI=1S/C16H19ClFN3/c1-16(2)8-4-5-9(16)14-13(15(19)21-20-14)12-10(17)6-3-7-11(12)18/h3,6-7,9H,4-5,8H2,1-2H3,(H3,19,20,21). The Kier molecular flexibility index (Phi) is 3.44. The predicted octanol–water partition coefficient (Wildman–Crippen LogP) is 4.75. The highest BCUT2D eigenvalue weighted by Gasteiger charge is 2.39. The highest BCUT2D eigenvalue weighted by atomic mass is 35.5. The topological polar surface area (TPSA) is 54.7 Å². The molecule has 1 aromatic carbocycles. The quantitative estimate of drug-likeness (QED) is 0.841. The van der Waals surface area contributed by atoms with Crippen molar-refractivity contribution in [2.45, 2.75) is 39.0 Å². The second-order valence-corrected chi connectivity index (χ2v) is 6.83. The summed E-state index contributed by atoms with van der Waals surface area (Å²) in [5.41, 5.74) is 8.02. The number of aromatic nitrogens is 2. The van der Waals surface area contributed by atoms with Crippen molar-refractivity contribution in [1.82, 2.24) is 10.2 Å². The largest absolute Gasteiger partial charge is 0.382 e. The van der Waals surface area contributed by atoms with Gasteiger partial charge in [-0.3, -0.25) is 5.10 Å². The third-order valence-electron chi connectivity index (χ3n) is 4.64. The van der Waals surface area contributed by atoms with E-state index in [1.54, 1.807) is 12.1 Å². The van der Waals surface area contributed by atoms with Gasteiger partial charge in [-0.2, -0.15) is 5.10 Å². The summed E-state index contributed by atoms with van der Waals surface area (Å²) in [6, 6.07) is 4.67. The Morgan fingerprint density at radius 1 is 1.38 bits per heavy atom. The van der Waals surface area contributed by atoms with Gasteiger partial charge in [0.15, 0.2) is 5.82 Å². The van der Waals surface area contributed by atoms with Crippen molar-refractivity contribution >= 4 is 17.4 Å². The average molecular weight is 308 g/mol.